The van der Waals surface area contributed by atoms with Crippen molar-refractivity contribution in [3.05, 3.63) is 29.8 Å². The molecule has 0 bridgehead atoms. The molecular formula is C23H37N3O6S. The van der Waals surface area contributed by atoms with Crippen LogP contribution in [0.2, 0.25) is 0 Å². The molecule has 0 aromatic heterocycles. The van der Waals surface area contributed by atoms with Crippen LogP contribution in [-0.4, -0.2) is 99.9 Å². The van der Waals surface area contributed by atoms with Crippen molar-refractivity contribution in [1.82, 2.24) is 14.5 Å². The highest BCUT2D eigenvalue weighted by molar-refractivity contribution is 7.89. The van der Waals surface area contributed by atoms with Gasteiger partial charge < -0.3 is 24.8 Å². The van der Waals surface area contributed by atoms with Crippen LogP contribution < -0.4 is 5.32 Å². The summed E-state index contributed by atoms with van der Waals surface area (Å²) in [7, 11) is 0.155. The Morgan fingerprint density at radius 2 is 1.94 bits per heavy atom. The van der Waals surface area contributed by atoms with E-state index in [4.69, 9.17) is 9.47 Å². The van der Waals surface area contributed by atoms with Gasteiger partial charge in [0, 0.05) is 13.1 Å². The van der Waals surface area contributed by atoms with Gasteiger partial charge in [-0.2, -0.15) is 4.31 Å². The number of β-amino-alcohol motifs (C(OH)–C–C–N with tert-alkyl or cyclic N) is 1. The number of hydrogen-bond donors (Lipinski definition) is 2. The molecule has 33 heavy (non-hydrogen) atoms. The average molecular weight is 484 g/mol. The predicted octanol–water partition coefficient (Wildman–Crippen LogP) is 0.751. The quantitative estimate of drug-likeness (QED) is 0.525. The van der Waals surface area contributed by atoms with Gasteiger partial charge in [0.25, 0.3) is 0 Å². The monoisotopic (exact) mass is 483 g/mol. The number of benzene rings is 1. The van der Waals surface area contributed by atoms with Crippen molar-refractivity contribution in [2.75, 3.05) is 46.9 Å². The summed E-state index contributed by atoms with van der Waals surface area (Å²) >= 11 is 0. The zero-order chi connectivity index (χ0) is 24.0. The Labute approximate surface area is 197 Å². The number of aliphatic hydroxyl groups excluding tert-OH is 1. The highest BCUT2D eigenvalue weighted by atomic mass is 32.2. The molecule has 10 heteroatoms. The van der Waals surface area contributed by atoms with Gasteiger partial charge in [-0.25, -0.2) is 8.42 Å². The van der Waals surface area contributed by atoms with Gasteiger partial charge in [0.2, 0.25) is 15.9 Å². The SMILES string of the molecule is Cc1ccc(S(=O)(=O)N2C[C@H](O)COC[C@H]3O[C@H](CC(=O)NCCCN(C)C)CC[C@@H]32)cc1. The Morgan fingerprint density at radius 1 is 1.21 bits per heavy atom. The highest BCUT2D eigenvalue weighted by Gasteiger charge is 2.43. The zero-order valence-corrected chi connectivity index (χ0v) is 20.6. The summed E-state index contributed by atoms with van der Waals surface area (Å²) in [6.45, 7) is 3.55. The number of ether oxygens (including phenoxy) is 2. The first-order chi connectivity index (χ1) is 15.7. The largest absolute Gasteiger partial charge is 0.389 e. The van der Waals surface area contributed by atoms with E-state index < -0.39 is 28.3 Å². The van der Waals surface area contributed by atoms with Crippen LogP contribution in [0.1, 0.15) is 31.2 Å². The average Bonchev–Trinajstić information content (AvgIpc) is 2.74. The molecule has 0 unspecified atom stereocenters. The number of amides is 1. The van der Waals surface area contributed by atoms with E-state index in [2.05, 4.69) is 10.2 Å². The van der Waals surface area contributed by atoms with Crippen molar-refractivity contribution in [1.29, 1.82) is 0 Å². The van der Waals surface area contributed by atoms with Crippen molar-refractivity contribution in [2.24, 2.45) is 0 Å². The molecule has 2 aliphatic rings. The molecule has 0 spiro atoms. The summed E-state index contributed by atoms with van der Waals surface area (Å²) in [6, 6.07) is 6.24. The van der Waals surface area contributed by atoms with Crippen LogP contribution in [0.3, 0.4) is 0 Å². The Kier molecular flexibility index (Phi) is 9.25. The van der Waals surface area contributed by atoms with Crippen LogP contribution >= 0.6 is 0 Å². The molecule has 0 aliphatic carbocycles. The van der Waals surface area contributed by atoms with Gasteiger partial charge in [0.1, 0.15) is 0 Å². The van der Waals surface area contributed by atoms with Crippen molar-refractivity contribution in [2.45, 2.75) is 61.9 Å². The third kappa shape index (κ3) is 7.21. The minimum atomic E-state index is -3.83. The molecule has 186 valence electrons. The first-order valence-corrected chi connectivity index (χ1v) is 13.0. The molecule has 3 rings (SSSR count). The van der Waals surface area contributed by atoms with E-state index in [0.717, 1.165) is 18.5 Å². The number of fused-ring (bicyclic) bond motifs is 1. The first-order valence-electron chi connectivity index (χ1n) is 11.6. The fraction of sp³-hybridized carbons (Fsp3) is 0.696. The van der Waals surface area contributed by atoms with E-state index in [1.165, 1.54) is 4.31 Å². The van der Waals surface area contributed by atoms with Gasteiger partial charge in [-0.05, 0) is 59.0 Å². The number of aryl methyl sites for hydroxylation is 1. The van der Waals surface area contributed by atoms with E-state index in [0.29, 0.717) is 19.4 Å². The minimum absolute atomic E-state index is 0.0313. The second-order valence-electron chi connectivity index (χ2n) is 9.23. The molecule has 2 heterocycles. The lowest BCUT2D eigenvalue weighted by Crippen LogP contribution is -2.57. The molecule has 0 radical (unpaired) electrons. The fourth-order valence-electron chi connectivity index (χ4n) is 4.32. The molecule has 2 aliphatic heterocycles. The van der Waals surface area contributed by atoms with Crippen LogP contribution in [0.5, 0.6) is 0 Å². The molecule has 2 saturated heterocycles. The van der Waals surface area contributed by atoms with Crippen LogP contribution in [0.4, 0.5) is 0 Å². The molecule has 1 aromatic rings. The third-order valence-electron chi connectivity index (χ3n) is 6.08. The maximum Gasteiger partial charge on any atom is 0.243 e. The summed E-state index contributed by atoms with van der Waals surface area (Å²) in [6.07, 6.45) is 0.481. The minimum Gasteiger partial charge on any atom is -0.389 e. The second kappa shape index (κ2) is 11.7. The van der Waals surface area contributed by atoms with Gasteiger partial charge in [-0.3, -0.25) is 4.79 Å². The predicted molar refractivity (Wildman–Crippen MR) is 124 cm³/mol. The number of nitrogens with one attached hydrogen (secondary N) is 1. The summed E-state index contributed by atoms with van der Waals surface area (Å²) in [4.78, 5) is 14.6. The van der Waals surface area contributed by atoms with Gasteiger partial charge >= 0.3 is 0 Å². The van der Waals surface area contributed by atoms with Crippen LogP contribution in [0.25, 0.3) is 0 Å². The Hall–Kier alpha value is -1.56. The highest BCUT2D eigenvalue weighted by Crippen LogP contribution is 2.31. The van der Waals surface area contributed by atoms with E-state index in [9.17, 15) is 18.3 Å². The van der Waals surface area contributed by atoms with Crippen LogP contribution in [0, 0.1) is 6.92 Å². The number of aliphatic hydroxyl groups is 1. The van der Waals surface area contributed by atoms with Gasteiger partial charge in [-0.1, -0.05) is 17.7 Å². The number of sulfonamides is 1. The topological polar surface area (TPSA) is 108 Å². The Bertz CT molecular complexity index is 877. The molecule has 2 N–H and O–H groups in total. The molecule has 1 amide bonds. The third-order valence-corrected chi connectivity index (χ3v) is 7.98. The van der Waals surface area contributed by atoms with E-state index in [1.54, 1.807) is 24.3 Å². The lowest BCUT2D eigenvalue weighted by atomic mass is 9.96. The van der Waals surface area contributed by atoms with Crippen molar-refractivity contribution < 1.29 is 27.8 Å². The first kappa shape index (κ1) is 26.1. The number of nitrogens with zero attached hydrogens (tertiary/aromatic N) is 2. The van der Waals surface area contributed by atoms with Crippen molar-refractivity contribution in [3.63, 3.8) is 0 Å². The molecular weight excluding hydrogens is 446 g/mol. The number of carbonyl (C=O) groups excluding carboxylic acids is 1. The zero-order valence-electron chi connectivity index (χ0n) is 19.8. The maximum atomic E-state index is 13.5. The van der Waals surface area contributed by atoms with Crippen molar-refractivity contribution >= 4 is 15.9 Å². The normalized spacial score (nSPS) is 26.9. The summed E-state index contributed by atoms with van der Waals surface area (Å²) in [5.74, 6) is -0.0662. The lowest BCUT2D eigenvalue weighted by Gasteiger charge is -2.43. The smallest absolute Gasteiger partial charge is 0.243 e. The molecule has 1 aromatic carbocycles. The fourth-order valence-corrected chi connectivity index (χ4v) is 6.04. The molecule has 9 nitrogen and oxygen atoms in total. The van der Waals surface area contributed by atoms with Crippen LogP contribution in [0.15, 0.2) is 29.2 Å². The Morgan fingerprint density at radius 3 is 2.64 bits per heavy atom. The second-order valence-corrected chi connectivity index (χ2v) is 11.1. The Balaban J connectivity index is 1.67. The molecule has 4 atom stereocenters. The van der Waals surface area contributed by atoms with E-state index in [-0.39, 0.29) is 43.1 Å². The molecule has 2 fully saturated rings. The van der Waals surface area contributed by atoms with E-state index in [1.807, 2.05) is 21.0 Å². The van der Waals surface area contributed by atoms with Crippen molar-refractivity contribution in [3.8, 4) is 0 Å². The van der Waals surface area contributed by atoms with Crippen LogP contribution in [-0.2, 0) is 24.3 Å². The van der Waals surface area contributed by atoms with Gasteiger partial charge in [0.05, 0.1) is 48.9 Å². The number of rotatable bonds is 8. The van der Waals surface area contributed by atoms with E-state index >= 15 is 0 Å². The van der Waals surface area contributed by atoms with Gasteiger partial charge in [-0.15, -0.1) is 0 Å². The lowest BCUT2D eigenvalue weighted by molar-refractivity contribution is -0.146. The standard InChI is InChI=1S/C23H37N3O6S/c1-17-5-8-20(9-6-17)33(29,30)26-14-18(27)15-31-16-22-21(26)10-7-19(32-22)13-23(28)24-11-4-12-25(2)3/h5-6,8-9,18-19,21-22,27H,4,7,10-16H2,1-3H3,(H,24,28)/t18-,19-,21-,22+/m0/s1. The molecule has 0 saturated carbocycles. The summed E-state index contributed by atoms with van der Waals surface area (Å²) < 4.78 is 40.1. The number of hydrogen-bond acceptors (Lipinski definition) is 7. The summed E-state index contributed by atoms with van der Waals surface area (Å²) in [5, 5.41) is 13.2. The number of carbonyl (C=O) groups is 1. The summed E-state index contributed by atoms with van der Waals surface area (Å²) in [5.41, 5.74) is 0.969. The van der Waals surface area contributed by atoms with Gasteiger partial charge in [0.15, 0.2) is 0 Å². The maximum absolute atomic E-state index is 13.5.